The number of benzene rings is 2. The van der Waals surface area contributed by atoms with Crippen molar-refractivity contribution in [3.63, 3.8) is 0 Å². The molecule has 28 heavy (non-hydrogen) atoms. The fraction of sp³-hybridized carbons (Fsp3) is 0.100. The molecule has 0 atom stereocenters. The number of carbonyl (C=O) groups excluding carboxylic acids is 2. The van der Waals surface area contributed by atoms with Crippen LogP contribution >= 0.6 is 11.3 Å². The number of thiophene rings is 1. The summed E-state index contributed by atoms with van der Waals surface area (Å²) in [6, 6.07) is 13.3. The van der Waals surface area contributed by atoms with Crippen LogP contribution in [-0.4, -0.2) is 23.4 Å². The van der Waals surface area contributed by atoms with Gasteiger partial charge in [0, 0.05) is 28.3 Å². The number of non-ortho nitro benzene ring substituents is 1. The molecule has 1 amide bonds. The SMILES string of the molecule is CCOC(=O)c1c(NC(=O)/C=C/c2cccc([N+](=O)[O-])c2)sc2ccccc12. The van der Waals surface area contributed by atoms with Gasteiger partial charge in [-0.25, -0.2) is 4.79 Å². The molecule has 0 saturated carbocycles. The van der Waals surface area contributed by atoms with Gasteiger partial charge in [0.1, 0.15) is 10.6 Å². The Morgan fingerprint density at radius 3 is 2.75 bits per heavy atom. The number of ether oxygens (including phenoxy) is 1. The highest BCUT2D eigenvalue weighted by atomic mass is 32.1. The lowest BCUT2D eigenvalue weighted by molar-refractivity contribution is -0.384. The van der Waals surface area contributed by atoms with Gasteiger partial charge >= 0.3 is 5.97 Å². The maximum absolute atomic E-state index is 12.4. The van der Waals surface area contributed by atoms with E-state index in [0.717, 1.165) is 4.70 Å². The summed E-state index contributed by atoms with van der Waals surface area (Å²) in [4.78, 5) is 35.0. The minimum Gasteiger partial charge on any atom is -0.462 e. The van der Waals surface area contributed by atoms with Crippen molar-refractivity contribution in [2.75, 3.05) is 11.9 Å². The van der Waals surface area contributed by atoms with Crippen molar-refractivity contribution in [1.82, 2.24) is 0 Å². The third-order valence-corrected chi connectivity index (χ3v) is 4.91. The second-order valence-electron chi connectivity index (χ2n) is 5.70. The first kappa shape index (κ1) is 19.2. The Morgan fingerprint density at radius 1 is 1.21 bits per heavy atom. The maximum Gasteiger partial charge on any atom is 0.341 e. The standard InChI is InChI=1S/C20H16N2O5S/c1-2-27-20(24)18-15-8-3-4-9-16(15)28-19(18)21-17(23)11-10-13-6-5-7-14(12-13)22(25)26/h3-12H,2H2,1H3,(H,21,23)/b11-10+. The van der Waals surface area contributed by atoms with E-state index in [9.17, 15) is 19.7 Å². The van der Waals surface area contributed by atoms with Crippen molar-refractivity contribution in [2.45, 2.75) is 6.92 Å². The number of fused-ring (bicyclic) bond motifs is 1. The van der Waals surface area contributed by atoms with Gasteiger partial charge in [-0.15, -0.1) is 11.3 Å². The molecule has 7 nitrogen and oxygen atoms in total. The first-order valence-electron chi connectivity index (χ1n) is 8.41. The van der Waals surface area contributed by atoms with Crippen molar-refractivity contribution in [1.29, 1.82) is 0 Å². The number of amides is 1. The van der Waals surface area contributed by atoms with Gasteiger partial charge in [0.25, 0.3) is 5.69 Å². The Bertz CT molecular complexity index is 1090. The largest absolute Gasteiger partial charge is 0.462 e. The summed E-state index contributed by atoms with van der Waals surface area (Å²) >= 11 is 1.28. The zero-order valence-electron chi connectivity index (χ0n) is 14.9. The highest BCUT2D eigenvalue weighted by molar-refractivity contribution is 7.23. The van der Waals surface area contributed by atoms with Gasteiger partial charge in [0.05, 0.1) is 11.5 Å². The van der Waals surface area contributed by atoms with Crippen molar-refractivity contribution in [3.05, 3.63) is 75.8 Å². The molecule has 0 bridgehead atoms. The van der Waals surface area contributed by atoms with Crippen LogP contribution in [0.3, 0.4) is 0 Å². The van der Waals surface area contributed by atoms with Crippen molar-refractivity contribution < 1.29 is 19.2 Å². The molecule has 3 aromatic rings. The van der Waals surface area contributed by atoms with Gasteiger partial charge in [-0.2, -0.15) is 0 Å². The quantitative estimate of drug-likeness (QED) is 0.283. The molecule has 1 heterocycles. The minimum atomic E-state index is -0.502. The van der Waals surface area contributed by atoms with Crippen LogP contribution in [0, 0.1) is 10.1 Å². The third kappa shape index (κ3) is 4.24. The Balaban J connectivity index is 1.85. The normalized spacial score (nSPS) is 10.9. The Hall–Kier alpha value is -3.52. The van der Waals surface area contributed by atoms with E-state index in [1.165, 1.54) is 35.6 Å². The lowest BCUT2D eigenvalue weighted by atomic mass is 10.1. The van der Waals surface area contributed by atoms with Crippen LogP contribution < -0.4 is 5.32 Å². The minimum absolute atomic E-state index is 0.0586. The molecule has 0 saturated heterocycles. The molecule has 0 aliphatic heterocycles. The Morgan fingerprint density at radius 2 is 2.00 bits per heavy atom. The van der Waals surface area contributed by atoms with E-state index in [1.807, 2.05) is 18.2 Å². The van der Waals surface area contributed by atoms with Crippen LogP contribution in [0.25, 0.3) is 16.2 Å². The molecule has 0 aliphatic rings. The first-order valence-corrected chi connectivity index (χ1v) is 9.23. The molecule has 0 unspecified atom stereocenters. The molecular weight excluding hydrogens is 380 g/mol. The monoisotopic (exact) mass is 396 g/mol. The average molecular weight is 396 g/mol. The van der Waals surface area contributed by atoms with Crippen LogP contribution in [-0.2, 0) is 9.53 Å². The smallest absolute Gasteiger partial charge is 0.341 e. The van der Waals surface area contributed by atoms with Crippen LogP contribution in [0.4, 0.5) is 10.7 Å². The van der Waals surface area contributed by atoms with Gasteiger partial charge < -0.3 is 10.1 Å². The molecule has 142 valence electrons. The third-order valence-electron chi connectivity index (χ3n) is 3.82. The Kier molecular flexibility index (Phi) is 5.81. The molecule has 1 aromatic heterocycles. The number of anilines is 1. The lowest BCUT2D eigenvalue weighted by Gasteiger charge is -2.05. The number of carbonyl (C=O) groups is 2. The maximum atomic E-state index is 12.4. The molecule has 0 fully saturated rings. The summed E-state index contributed by atoms with van der Waals surface area (Å²) in [7, 11) is 0. The second kappa shape index (κ2) is 8.45. The van der Waals surface area contributed by atoms with Gasteiger partial charge in [-0.1, -0.05) is 30.3 Å². The number of hydrogen-bond donors (Lipinski definition) is 1. The van der Waals surface area contributed by atoms with E-state index in [2.05, 4.69) is 5.32 Å². The summed E-state index contributed by atoms with van der Waals surface area (Å²) < 4.78 is 5.97. The van der Waals surface area contributed by atoms with Gasteiger partial charge in [-0.3, -0.25) is 14.9 Å². The molecule has 8 heteroatoms. The predicted molar refractivity (Wildman–Crippen MR) is 109 cm³/mol. The number of nitrogens with one attached hydrogen (secondary N) is 1. The summed E-state index contributed by atoms with van der Waals surface area (Å²) in [6.45, 7) is 1.94. The van der Waals surface area contributed by atoms with E-state index >= 15 is 0 Å². The number of nitrogens with zero attached hydrogens (tertiary/aromatic N) is 1. The molecular formula is C20H16N2O5S. The van der Waals surface area contributed by atoms with Gasteiger partial charge in [-0.05, 0) is 24.6 Å². The Labute approximate surface area is 164 Å². The van der Waals surface area contributed by atoms with Crippen LogP contribution in [0.1, 0.15) is 22.8 Å². The highest BCUT2D eigenvalue weighted by Gasteiger charge is 2.20. The molecule has 2 aromatic carbocycles. The predicted octanol–water partition coefficient (Wildman–Crippen LogP) is 4.64. The van der Waals surface area contributed by atoms with Gasteiger partial charge in [0.15, 0.2) is 0 Å². The number of nitro benzene ring substituents is 1. The molecule has 3 rings (SSSR count). The first-order chi connectivity index (χ1) is 13.5. The summed E-state index contributed by atoms with van der Waals surface area (Å²) in [6.07, 6.45) is 2.73. The zero-order chi connectivity index (χ0) is 20.1. The molecule has 0 aliphatic carbocycles. The molecule has 1 N–H and O–H groups in total. The van der Waals surface area contributed by atoms with Crippen LogP contribution in [0.15, 0.2) is 54.6 Å². The highest BCUT2D eigenvalue weighted by Crippen LogP contribution is 2.36. The van der Waals surface area contributed by atoms with Crippen molar-refractivity contribution in [2.24, 2.45) is 0 Å². The summed E-state index contributed by atoms with van der Waals surface area (Å²) in [5.74, 6) is -0.957. The van der Waals surface area contributed by atoms with E-state index in [0.29, 0.717) is 21.5 Å². The number of nitro groups is 1. The van der Waals surface area contributed by atoms with Crippen molar-refractivity contribution >= 4 is 50.1 Å². The summed E-state index contributed by atoms with van der Waals surface area (Å²) in [5.41, 5.74) is 0.780. The lowest BCUT2D eigenvalue weighted by Crippen LogP contribution is -2.12. The summed E-state index contributed by atoms with van der Waals surface area (Å²) in [5, 5.41) is 14.6. The second-order valence-corrected chi connectivity index (χ2v) is 6.75. The van der Waals surface area contributed by atoms with Gasteiger partial charge in [0.2, 0.25) is 5.91 Å². The molecule has 0 spiro atoms. The topological polar surface area (TPSA) is 98.5 Å². The number of esters is 1. The fourth-order valence-corrected chi connectivity index (χ4v) is 3.70. The van der Waals surface area contributed by atoms with E-state index in [1.54, 1.807) is 25.1 Å². The number of rotatable bonds is 6. The van der Waals surface area contributed by atoms with Crippen molar-refractivity contribution in [3.8, 4) is 0 Å². The molecule has 0 radical (unpaired) electrons. The van der Waals surface area contributed by atoms with Crippen LogP contribution in [0.5, 0.6) is 0 Å². The fourth-order valence-electron chi connectivity index (χ4n) is 2.61. The zero-order valence-corrected chi connectivity index (χ0v) is 15.7. The van der Waals surface area contributed by atoms with E-state index < -0.39 is 16.8 Å². The van der Waals surface area contributed by atoms with E-state index in [4.69, 9.17) is 4.74 Å². The van der Waals surface area contributed by atoms with E-state index in [-0.39, 0.29) is 12.3 Å². The van der Waals surface area contributed by atoms with Crippen LogP contribution in [0.2, 0.25) is 0 Å². The average Bonchev–Trinajstić information content (AvgIpc) is 3.04. The number of hydrogen-bond acceptors (Lipinski definition) is 6.